The maximum atomic E-state index is 12.7. The standard InChI is InChI=1S/C17H18F3NO/c18-17(19,20)12-5-8-13(9-6-12)22-14-7-4-11-2-1-3-16(21)15(11)10-14/h1-4,7,10,12-13H,5-6,8-9,21H2. The molecule has 0 unspecified atom stereocenters. The van der Waals surface area contributed by atoms with Gasteiger partial charge in [-0.25, -0.2) is 0 Å². The highest BCUT2D eigenvalue weighted by atomic mass is 19.4. The summed E-state index contributed by atoms with van der Waals surface area (Å²) in [7, 11) is 0. The van der Waals surface area contributed by atoms with Gasteiger partial charge in [0.2, 0.25) is 0 Å². The van der Waals surface area contributed by atoms with Gasteiger partial charge in [0.05, 0.1) is 12.0 Å². The highest BCUT2D eigenvalue weighted by Crippen LogP contribution is 2.38. The molecule has 0 radical (unpaired) electrons. The molecule has 0 aliphatic heterocycles. The number of hydrogen-bond donors (Lipinski definition) is 1. The molecule has 1 aliphatic rings. The lowest BCUT2D eigenvalue weighted by Gasteiger charge is -2.30. The summed E-state index contributed by atoms with van der Waals surface area (Å²) in [5.41, 5.74) is 6.61. The van der Waals surface area contributed by atoms with Crippen LogP contribution in [0.4, 0.5) is 18.9 Å². The smallest absolute Gasteiger partial charge is 0.391 e. The number of halogens is 3. The Labute approximate surface area is 127 Å². The van der Waals surface area contributed by atoms with Crippen LogP contribution in [0.25, 0.3) is 10.8 Å². The van der Waals surface area contributed by atoms with Gasteiger partial charge in [0.15, 0.2) is 0 Å². The van der Waals surface area contributed by atoms with Crippen molar-refractivity contribution in [3.63, 3.8) is 0 Å². The fourth-order valence-corrected chi connectivity index (χ4v) is 3.05. The minimum atomic E-state index is -4.08. The molecule has 0 amide bonds. The van der Waals surface area contributed by atoms with Crippen LogP contribution in [0.3, 0.4) is 0 Å². The van der Waals surface area contributed by atoms with Crippen molar-refractivity contribution < 1.29 is 17.9 Å². The van der Waals surface area contributed by atoms with Gasteiger partial charge in [0.25, 0.3) is 0 Å². The van der Waals surface area contributed by atoms with E-state index in [4.69, 9.17) is 10.5 Å². The summed E-state index contributed by atoms with van der Waals surface area (Å²) in [4.78, 5) is 0. The lowest BCUT2D eigenvalue weighted by atomic mass is 9.87. The molecule has 0 heterocycles. The molecular formula is C17H18F3NO. The zero-order chi connectivity index (χ0) is 15.7. The van der Waals surface area contributed by atoms with Gasteiger partial charge in [-0.1, -0.05) is 18.2 Å². The number of ether oxygens (including phenoxy) is 1. The van der Waals surface area contributed by atoms with Crippen molar-refractivity contribution in [3.05, 3.63) is 36.4 Å². The summed E-state index contributed by atoms with van der Waals surface area (Å²) in [5.74, 6) is -0.513. The maximum absolute atomic E-state index is 12.7. The van der Waals surface area contributed by atoms with Crippen molar-refractivity contribution in [2.75, 3.05) is 5.73 Å². The zero-order valence-electron chi connectivity index (χ0n) is 12.1. The molecule has 2 nitrogen and oxygen atoms in total. The Hall–Kier alpha value is -1.91. The summed E-state index contributed by atoms with van der Waals surface area (Å²) in [6.07, 6.45) is -3.07. The van der Waals surface area contributed by atoms with E-state index < -0.39 is 12.1 Å². The Balaban J connectivity index is 1.68. The van der Waals surface area contributed by atoms with Crippen LogP contribution in [0.15, 0.2) is 36.4 Å². The number of benzene rings is 2. The average Bonchev–Trinajstić information content (AvgIpc) is 2.48. The summed E-state index contributed by atoms with van der Waals surface area (Å²) in [6.45, 7) is 0. The van der Waals surface area contributed by atoms with Gasteiger partial charge in [-0.05, 0) is 49.3 Å². The highest BCUT2D eigenvalue weighted by molar-refractivity contribution is 5.93. The van der Waals surface area contributed by atoms with Crippen LogP contribution in [0.1, 0.15) is 25.7 Å². The van der Waals surface area contributed by atoms with Gasteiger partial charge in [-0.3, -0.25) is 0 Å². The van der Waals surface area contributed by atoms with E-state index in [0.717, 1.165) is 10.8 Å². The first kappa shape index (κ1) is 15.0. The van der Waals surface area contributed by atoms with Crippen LogP contribution in [0.5, 0.6) is 5.75 Å². The first-order valence-electron chi connectivity index (χ1n) is 7.45. The molecule has 1 aliphatic carbocycles. The molecule has 22 heavy (non-hydrogen) atoms. The number of anilines is 1. The van der Waals surface area contributed by atoms with E-state index >= 15 is 0 Å². The Bertz CT molecular complexity index is 660. The number of alkyl halides is 3. The Morgan fingerprint density at radius 2 is 1.73 bits per heavy atom. The maximum Gasteiger partial charge on any atom is 0.391 e. The number of fused-ring (bicyclic) bond motifs is 1. The summed E-state index contributed by atoms with van der Waals surface area (Å²) in [6, 6.07) is 11.3. The molecule has 1 fully saturated rings. The van der Waals surface area contributed by atoms with Crippen molar-refractivity contribution >= 4 is 16.5 Å². The number of rotatable bonds is 2. The lowest BCUT2D eigenvalue weighted by Crippen LogP contribution is -2.31. The molecule has 3 rings (SSSR count). The molecule has 2 aromatic carbocycles. The topological polar surface area (TPSA) is 35.2 Å². The Morgan fingerprint density at radius 1 is 1.00 bits per heavy atom. The van der Waals surface area contributed by atoms with E-state index in [9.17, 15) is 13.2 Å². The number of hydrogen-bond acceptors (Lipinski definition) is 2. The normalized spacial score (nSPS) is 22.7. The largest absolute Gasteiger partial charge is 0.490 e. The highest BCUT2D eigenvalue weighted by Gasteiger charge is 2.41. The first-order valence-corrected chi connectivity index (χ1v) is 7.45. The fraction of sp³-hybridized carbons (Fsp3) is 0.412. The molecular weight excluding hydrogens is 291 g/mol. The SMILES string of the molecule is Nc1cccc2ccc(OC3CCC(C(F)(F)F)CC3)cc12. The minimum absolute atomic E-state index is 0.143. The second-order valence-corrected chi connectivity index (χ2v) is 5.86. The molecule has 0 aromatic heterocycles. The van der Waals surface area contributed by atoms with Crippen LogP contribution in [-0.2, 0) is 0 Å². The van der Waals surface area contributed by atoms with E-state index in [2.05, 4.69) is 0 Å². The summed E-state index contributed by atoms with van der Waals surface area (Å²) < 4.78 is 43.8. The van der Waals surface area contributed by atoms with Crippen LogP contribution in [0, 0.1) is 5.92 Å². The third-order valence-electron chi connectivity index (χ3n) is 4.33. The lowest BCUT2D eigenvalue weighted by molar-refractivity contribution is -0.185. The molecule has 0 saturated heterocycles. The third kappa shape index (κ3) is 3.13. The quantitative estimate of drug-likeness (QED) is 0.799. The molecule has 0 atom stereocenters. The van der Waals surface area contributed by atoms with E-state index in [1.54, 1.807) is 0 Å². The van der Waals surface area contributed by atoms with Crippen molar-refractivity contribution in [3.8, 4) is 5.75 Å². The van der Waals surface area contributed by atoms with Gasteiger partial charge in [-0.15, -0.1) is 0 Å². The van der Waals surface area contributed by atoms with Crippen molar-refractivity contribution in [1.29, 1.82) is 0 Å². The van der Waals surface area contributed by atoms with Crippen LogP contribution in [0.2, 0.25) is 0 Å². The molecule has 0 spiro atoms. The van der Waals surface area contributed by atoms with E-state index in [1.807, 2.05) is 36.4 Å². The van der Waals surface area contributed by atoms with Gasteiger partial charge < -0.3 is 10.5 Å². The first-order chi connectivity index (χ1) is 10.4. The van der Waals surface area contributed by atoms with Gasteiger partial charge in [-0.2, -0.15) is 13.2 Å². The Morgan fingerprint density at radius 3 is 2.41 bits per heavy atom. The third-order valence-corrected chi connectivity index (χ3v) is 4.33. The fourth-order valence-electron chi connectivity index (χ4n) is 3.05. The van der Waals surface area contributed by atoms with Crippen LogP contribution >= 0.6 is 0 Å². The van der Waals surface area contributed by atoms with Crippen molar-refractivity contribution in [2.45, 2.75) is 38.0 Å². The molecule has 1 saturated carbocycles. The van der Waals surface area contributed by atoms with Crippen molar-refractivity contribution in [2.24, 2.45) is 5.92 Å². The predicted octanol–water partition coefficient (Wildman–Crippen LogP) is 4.92. The second kappa shape index (κ2) is 5.71. The average molecular weight is 309 g/mol. The molecule has 118 valence electrons. The molecule has 5 heteroatoms. The predicted molar refractivity (Wildman–Crippen MR) is 80.8 cm³/mol. The van der Waals surface area contributed by atoms with Gasteiger partial charge >= 0.3 is 6.18 Å². The zero-order valence-corrected chi connectivity index (χ0v) is 12.1. The monoisotopic (exact) mass is 309 g/mol. The molecule has 2 aromatic rings. The molecule has 2 N–H and O–H groups in total. The van der Waals surface area contributed by atoms with E-state index in [0.29, 0.717) is 24.3 Å². The van der Waals surface area contributed by atoms with E-state index in [1.165, 1.54) is 0 Å². The minimum Gasteiger partial charge on any atom is -0.490 e. The summed E-state index contributed by atoms with van der Waals surface area (Å²) in [5, 5.41) is 1.93. The van der Waals surface area contributed by atoms with Gasteiger partial charge in [0, 0.05) is 11.1 Å². The van der Waals surface area contributed by atoms with E-state index in [-0.39, 0.29) is 18.9 Å². The van der Waals surface area contributed by atoms with Crippen LogP contribution < -0.4 is 10.5 Å². The number of nitrogens with two attached hydrogens (primary N) is 1. The Kier molecular flexibility index (Phi) is 3.89. The molecule has 0 bridgehead atoms. The second-order valence-electron chi connectivity index (χ2n) is 5.86. The summed E-state index contributed by atoms with van der Waals surface area (Å²) >= 11 is 0. The van der Waals surface area contributed by atoms with Crippen LogP contribution in [-0.4, -0.2) is 12.3 Å². The number of nitrogen functional groups attached to an aromatic ring is 1. The van der Waals surface area contributed by atoms with Crippen molar-refractivity contribution in [1.82, 2.24) is 0 Å². The van der Waals surface area contributed by atoms with Gasteiger partial charge in [0.1, 0.15) is 5.75 Å².